The van der Waals surface area contributed by atoms with E-state index in [1.165, 1.54) is 0 Å². The average Bonchev–Trinajstić information content (AvgIpc) is 1.00. The molecule has 0 aliphatic carbocycles. The molecule has 1 atom stereocenters. The second-order valence-electron chi connectivity index (χ2n) is 0. The maximum absolute atomic E-state index is 2.35. The van der Waals surface area contributed by atoms with E-state index in [0.29, 0.717) is 0 Å². The monoisotopic (exact) mass is 349 g/mol. The van der Waals surface area contributed by atoms with E-state index in [9.17, 15) is 0 Å². The van der Waals surface area contributed by atoms with Gasteiger partial charge in [-0.1, -0.05) is 0 Å². The molecular weight excluding hydrogens is 342 g/mol. The molecule has 0 saturated heterocycles. The standard InChI is InChI=1S/Ca.Cu.K.Mg.H3PSe.Zn.5H/c;;;;1-2;;;;;;/h;;;;2H,1H2;;;;;;. The first-order valence-electron chi connectivity index (χ1n) is 0.258. The van der Waals surface area contributed by atoms with Gasteiger partial charge in [-0.3, -0.25) is 0 Å². The van der Waals surface area contributed by atoms with Crippen LogP contribution in [0.1, 0.15) is 0 Å². The molecule has 7 heteroatoms. The molecule has 7 heavy (non-hydrogen) atoms. The fourth-order valence-electron chi connectivity index (χ4n) is 0. The third-order valence-electron chi connectivity index (χ3n) is 0. The van der Waals surface area contributed by atoms with Crippen LogP contribution < -0.4 is 0 Å². The molecule has 0 aromatic rings. The van der Waals surface area contributed by atoms with Crippen LogP contribution in [0.2, 0.25) is 0 Å². The van der Waals surface area contributed by atoms with Crippen molar-refractivity contribution < 1.29 is 36.5 Å². The van der Waals surface area contributed by atoms with Crippen molar-refractivity contribution in [2.24, 2.45) is 0 Å². The first-order chi connectivity index (χ1) is 1.00. The summed E-state index contributed by atoms with van der Waals surface area (Å²) in [4.78, 5) is 0. The minimum atomic E-state index is 0. The predicted octanol–water partition coefficient (Wildman–Crippen LogP) is -2.81. The first kappa shape index (κ1) is 38.6. The van der Waals surface area contributed by atoms with Crippen LogP contribution in [0.15, 0.2) is 0 Å². The molecule has 0 bridgehead atoms. The van der Waals surface area contributed by atoms with Crippen LogP contribution in [0.25, 0.3) is 0 Å². The van der Waals surface area contributed by atoms with Gasteiger partial charge in [-0.2, -0.15) is 0 Å². The van der Waals surface area contributed by atoms with E-state index in [4.69, 9.17) is 0 Å². The smallest absolute Gasteiger partial charge is 0 e. The molecule has 37 valence electrons. The van der Waals surface area contributed by atoms with E-state index < -0.39 is 0 Å². The van der Waals surface area contributed by atoms with E-state index in [2.05, 4.69) is 23.5 Å². The van der Waals surface area contributed by atoms with Crippen molar-refractivity contribution in [1.82, 2.24) is 0 Å². The van der Waals surface area contributed by atoms with Crippen molar-refractivity contribution in [3.05, 3.63) is 0 Å². The summed E-state index contributed by atoms with van der Waals surface area (Å²) in [6.07, 6.45) is 0. The van der Waals surface area contributed by atoms with Crippen LogP contribution >= 0.6 is 7.93 Å². The summed E-state index contributed by atoms with van der Waals surface area (Å²) < 4.78 is 0. The molecule has 1 unspecified atom stereocenters. The second-order valence-corrected chi connectivity index (χ2v) is 0. The Bertz CT molecular complexity index is 19.7. The SMILES string of the molecule is P[SeH].[CaH2].[Cu].[KH].[MgH2].[Zn]. The van der Waals surface area contributed by atoms with Crippen LogP contribution in [-0.2, 0) is 36.5 Å². The Labute approximate surface area is 167 Å². The third-order valence-corrected chi connectivity index (χ3v) is 0. The molecule has 0 N–H and O–H groups in total. The molecule has 0 fully saturated rings. The van der Waals surface area contributed by atoms with Crippen molar-refractivity contribution in [3.8, 4) is 0 Å². The van der Waals surface area contributed by atoms with E-state index in [1.807, 2.05) is 0 Å². The van der Waals surface area contributed by atoms with E-state index >= 15 is 0 Å². The molecule has 0 aliphatic rings. The molecule has 0 spiro atoms. The Balaban J connectivity index is -0.000000000500. The molecule has 1 radical (unpaired) electrons. The van der Waals surface area contributed by atoms with Gasteiger partial charge in [0.05, 0.1) is 0 Å². The fourth-order valence-corrected chi connectivity index (χ4v) is 0. The van der Waals surface area contributed by atoms with Gasteiger partial charge in [0.1, 0.15) is 0 Å². The van der Waals surface area contributed by atoms with Gasteiger partial charge in [0, 0.05) is 36.5 Å². The summed E-state index contributed by atoms with van der Waals surface area (Å²) in [5.74, 6) is 0. The average molecular weight is 350 g/mol. The second kappa shape index (κ2) is 41.1. The van der Waals surface area contributed by atoms with Gasteiger partial charge < -0.3 is 0 Å². The number of hydrogen-bond donors (Lipinski definition) is 0. The molecule has 0 amide bonds. The van der Waals surface area contributed by atoms with Gasteiger partial charge in [0.2, 0.25) is 0 Å². The maximum Gasteiger partial charge on any atom is 0.316 e. The van der Waals surface area contributed by atoms with Gasteiger partial charge in [0.15, 0.2) is 0 Å². The Kier molecular flexibility index (Phi) is 227. The van der Waals surface area contributed by atoms with Crippen molar-refractivity contribution in [2.75, 3.05) is 0 Å². The maximum atomic E-state index is 2.35. The zero-order chi connectivity index (χ0) is 2.00. The summed E-state index contributed by atoms with van der Waals surface area (Å²) in [5, 5.41) is 0. The zero-order valence-corrected chi connectivity index (χ0v) is 8.97. The third kappa shape index (κ3) is 33.8. The van der Waals surface area contributed by atoms with Crippen molar-refractivity contribution in [2.45, 2.75) is 0 Å². The molecule has 0 nitrogen and oxygen atoms in total. The normalized spacial score (nSPS) is 0.857. The predicted molar refractivity (Wildman–Crippen MR) is 41.1 cm³/mol. The van der Waals surface area contributed by atoms with Gasteiger partial charge in [-0.15, -0.1) is 0 Å². The summed E-state index contributed by atoms with van der Waals surface area (Å²) >= 11 is 2.23. The topological polar surface area (TPSA) is 0 Å². The van der Waals surface area contributed by atoms with Gasteiger partial charge >= 0.3 is 136 Å². The molecule has 0 aromatic carbocycles. The van der Waals surface area contributed by atoms with Gasteiger partial charge in [-0.25, -0.2) is 0 Å². The molecule has 0 aliphatic heterocycles. The Morgan fingerprint density at radius 2 is 1.14 bits per heavy atom. The zero-order valence-electron chi connectivity index (χ0n) is 2.03. The van der Waals surface area contributed by atoms with Crippen molar-refractivity contribution in [3.63, 3.8) is 0 Å². The van der Waals surface area contributed by atoms with E-state index in [0.717, 1.165) is 0 Å². The summed E-state index contributed by atoms with van der Waals surface area (Å²) in [6.45, 7) is 0. The molecule has 0 heterocycles. The fraction of sp³-hybridized carbons (Fsp3) is 0. The number of hydrogen-bond acceptors (Lipinski definition) is 0. The van der Waals surface area contributed by atoms with Gasteiger partial charge in [0.25, 0.3) is 0 Å². The molecule has 0 aromatic heterocycles. The van der Waals surface area contributed by atoms with Crippen LogP contribution in [0, 0.1) is 0 Å². The Morgan fingerprint density at radius 1 is 1.14 bits per heavy atom. The quantitative estimate of drug-likeness (QED) is 0.327. The summed E-state index contributed by atoms with van der Waals surface area (Å²) in [5.41, 5.74) is 0. The molecular formula is H8CaCuKMgPSeZn. The van der Waals surface area contributed by atoms with Gasteiger partial charge in [-0.05, 0) is 0 Å². The van der Waals surface area contributed by atoms with Crippen LogP contribution in [0.3, 0.4) is 0 Å². The van der Waals surface area contributed by atoms with Crippen LogP contribution in [0.5, 0.6) is 0 Å². The van der Waals surface area contributed by atoms with E-state index in [-0.39, 0.29) is 149 Å². The Morgan fingerprint density at radius 3 is 1.14 bits per heavy atom. The largest absolute Gasteiger partial charge is 0.316 e. The van der Waals surface area contributed by atoms with E-state index in [1.54, 1.807) is 0 Å². The number of rotatable bonds is 0. The molecule has 0 saturated carbocycles. The minimum absolute atomic E-state index is 0. The van der Waals surface area contributed by atoms with Crippen LogP contribution in [0.4, 0.5) is 0 Å². The first-order valence-corrected chi connectivity index (χ1v) is 4.02. The van der Waals surface area contributed by atoms with Crippen LogP contribution in [-0.4, -0.2) is 128 Å². The summed E-state index contributed by atoms with van der Waals surface area (Å²) in [6, 6.07) is 0. The Hall–Kier alpha value is 5.75. The van der Waals surface area contributed by atoms with Crippen molar-refractivity contribution in [1.29, 1.82) is 0 Å². The summed E-state index contributed by atoms with van der Waals surface area (Å²) in [7, 11) is 2.35. The minimum Gasteiger partial charge on any atom is 0 e. The van der Waals surface area contributed by atoms with Crippen molar-refractivity contribution >= 4 is 136 Å². The molecule has 0 rings (SSSR count).